The number of ether oxygens (including phenoxy) is 1. The lowest BCUT2D eigenvalue weighted by Crippen LogP contribution is -2.35. The second-order valence-corrected chi connectivity index (χ2v) is 5.28. The van der Waals surface area contributed by atoms with E-state index in [4.69, 9.17) is 4.74 Å². The Kier molecular flexibility index (Phi) is 5.47. The van der Waals surface area contributed by atoms with E-state index in [9.17, 15) is 0 Å². The van der Waals surface area contributed by atoms with Gasteiger partial charge < -0.3 is 14.5 Å². The molecule has 0 aromatic heterocycles. The van der Waals surface area contributed by atoms with Gasteiger partial charge in [-0.2, -0.15) is 0 Å². The van der Waals surface area contributed by atoms with Crippen LogP contribution in [0.3, 0.4) is 0 Å². The van der Waals surface area contributed by atoms with Gasteiger partial charge in [-0.25, -0.2) is 4.99 Å². The van der Waals surface area contributed by atoms with Gasteiger partial charge >= 0.3 is 0 Å². The van der Waals surface area contributed by atoms with E-state index in [1.54, 1.807) is 7.11 Å². The van der Waals surface area contributed by atoms with Crippen LogP contribution < -0.4 is 4.74 Å². The van der Waals surface area contributed by atoms with Gasteiger partial charge in [0.2, 0.25) is 0 Å². The van der Waals surface area contributed by atoms with E-state index in [1.165, 1.54) is 0 Å². The first kappa shape index (κ1) is 14.8. The summed E-state index contributed by atoms with van der Waals surface area (Å²) in [4.78, 5) is 8.59. The Bertz CT molecular complexity index is 420. The molecule has 0 aliphatic rings. The second-order valence-electron chi connectivity index (χ2n) is 4.36. The van der Waals surface area contributed by atoms with E-state index in [0.29, 0.717) is 6.54 Å². The summed E-state index contributed by atoms with van der Waals surface area (Å²) < 4.78 is 6.37. The van der Waals surface area contributed by atoms with E-state index in [0.717, 1.165) is 21.7 Å². The number of methoxy groups -OCH3 is 1. The Balaban J connectivity index is 2.96. The Morgan fingerprint density at radius 2 is 1.83 bits per heavy atom. The maximum atomic E-state index is 5.34. The zero-order valence-corrected chi connectivity index (χ0v) is 13.2. The van der Waals surface area contributed by atoms with Crippen LogP contribution in [0, 0.1) is 0 Å². The highest BCUT2D eigenvalue weighted by Gasteiger charge is 2.07. The van der Waals surface area contributed by atoms with Crippen molar-refractivity contribution in [3.8, 4) is 5.75 Å². The van der Waals surface area contributed by atoms with Crippen LogP contribution in [0.5, 0.6) is 5.75 Å². The van der Waals surface area contributed by atoms with Crippen molar-refractivity contribution in [2.45, 2.75) is 6.54 Å². The molecule has 0 saturated heterocycles. The number of hydrogen-bond acceptors (Lipinski definition) is 2. The number of aliphatic imine (C=N–C) groups is 1. The average molecular weight is 314 g/mol. The first-order chi connectivity index (χ1) is 8.45. The van der Waals surface area contributed by atoms with Crippen molar-refractivity contribution in [2.75, 3.05) is 35.3 Å². The molecule has 0 unspecified atom stereocenters. The predicted molar refractivity (Wildman–Crippen MR) is 79.2 cm³/mol. The molecule has 0 bridgehead atoms. The van der Waals surface area contributed by atoms with Crippen molar-refractivity contribution >= 4 is 21.9 Å². The van der Waals surface area contributed by atoms with Crippen molar-refractivity contribution in [1.82, 2.24) is 9.80 Å². The van der Waals surface area contributed by atoms with Crippen molar-refractivity contribution in [3.05, 3.63) is 28.2 Å². The molecule has 0 amide bonds. The largest absolute Gasteiger partial charge is 0.496 e. The molecule has 1 aromatic rings. The quantitative estimate of drug-likeness (QED) is 0.634. The van der Waals surface area contributed by atoms with Gasteiger partial charge in [-0.3, -0.25) is 0 Å². The molecule has 0 fully saturated rings. The molecule has 0 aliphatic heterocycles. The third-order valence-electron chi connectivity index (χ3n) is 2.43. The molecule has 1 rings (SSSR count). The average Bonchev–Trinajstić information content (AvgIpc) is 2.28. The highest BCUT2D eigenvalue weighted by Crippen LogP contribution is 2.23. The maximum Gasteiger partial charge on any atom is 0.195 e. The molecule has 18 heavy (non-hydrogen) atoms. The molecule has 0 heterocycles. The summed E-state index contributed by atoms with van der Waals surface area (Å²) in [6.45, 7) is 0.592. The first-order valence-electron chi connectivity index (χ1n) is 5.67. The number of nitrogens with zero attached hydrogens (tertiary/aromatic N) is 3. The number of halogens is 1. The van der Waals surface area contributed by atoms with Gasteiger partial charge in [0, 0.05) is 38.2 Å². The third-order valence-corrected chi connectivity index (χ3v) is 2.93. The molecule has 5 heteroatoms. The Morgan fingerprint density at radius 1 is 1.22 bits per heavy atom. The minimum absolute atomic E-state index is 0.592. The molecule has 0 atom stereocenters. The molecule has 0 spiro atoms. The summed E-state index contributed by atoms with van der Waals surface area (Å²) in [6, 6.07) is 5.94. The molecule has 4 nitrogen and oxygen atoms in total. The van der Waals surface area contributed by atoms with Gasteiger partial charge in [0.05, 0.1) is 13.7 Å². The summed E-state index contributed by atoms with van der Waals surface area (Å²) in [5, 5.41) is 0. The van der Waals surface area contributed by atoms with Crippen molar-refractivity contribution in [2.24, 2.45) is 4.99 Å². The van der Waals surface area contributed by atoms with Gasteiger partial charge in [-0.05, 0) is 18.2 Å². The Morgan fingerprint density at radius 3 is 2.33 bits per heavy atom. The number of guanidine groups is 1. The van der Waals surface area contributed by atoms with Gasteiger partial charge in [0.1, 0.15) is 5.75 Å². The van der Waals surface area contributed by atoms with Crippen LogP contribution in [0.25, 0.3) is 0 Å². The number of rotatable bonds is 3. The molecule has 0 radical (unpaired) electrons. The SMILES string of the molecule is COc1ccc(Br)cc1CN=C(N(C)C)N(C)C. The summed E-state index contributed by atoms with van der Waals surface area (Å²) in [7, 11) is 9.61. The molecule has 0 N–H and O–H groups in total. The van der Waals surface area contributed by atoms with E-state index in [-0.39, 0.29) is 0 Å². The predicted octanol–water partition coefficient (Wildman–Crippen LogP) is 2.44. The zero-order chi connectivity index (χ0) is 13.7. The lowest BCUT2D eigenvalue weighted by Gasteiger charge is -2.22. The second kappa shape index (κ2) is 6.64. The third kappa shape index (κ3) is 3.91. The number of hydrogen-bond donors (Lipinski definition) is 0. The summed E-state index contributed by atoms with van der Waals surface area (Å²) in [6.07, 6.45) is 0. The number of benzene rings is 1. The topological polar surface area (TPSA) is 28.1 Å². The van der Waals surface area contributed by atoms with E-state index in [2.05, 4.69) is 20.9 Å². The highest BCUT2D eigenvalue weighted by molar-refractivity contribution is 9.10. The van der Waals surface area contributed by atoms with Crippen molar-refractivity contribution < 1.29 is 4.74 Å². The Hall–Kier alpha value is -1.23. The van der Waals surface area contributed by atoms with Gasteiger partial charge in [0.25, 0.3) is 0 Å². The van der Waals surface area contributed by atoms with Gasteiger partial charge in [0.15, 0.2) is 5.96 Å². The molecule has 1 aromatic carbocycles. The van der Waals surface area contributed by atoms with E-state index >= 15 is 0 Å². The van der Waals surface area contributed by atoms with Crippen molar-refractivity contribution in [3.63, 3.8) is 0 Å². The van der Waals surface area contributed by atoms with Crippen molar-refractivity contribution in [1.29, 1.82) is 0 Å². The fourth-order valence-corrected chi connectivity index (χ4v) is 2.12. The lowest BCUT2D eigenvalue weighted by molar-refractivity contribution is 0.409. The van der Waals surface area contributed by atoms with Gasteiger partial charge in [-0.1, -0.05) is 15.9 Å². The first-order valence-corrected chi connectivity index (χ1v) is 6.46. The molecular formula is C13H20BrN3O. The Labute approximate surface area is 117 Å². The molecular weight excluding hydrogens is 294 g/mol. The summed E-state index contributed by atoms with van der Waals surface area (Å²) >= 11 is 3.47. The maximum absolute atomic E-state index is 5.34. The van der Waals surface area contributed by atoms with Crippen LogP contribution in [0.4, 0.5) is 0 Å². The fourth-order valence-electron chi connectivity index (χ4n) is 1.71. The fraction of sp³-hybridized carbons (Fsp3) is 0.462. The van der Waals surface area contributed by atoms with Crippen LogP contribution in [-0.2, 0) is 6.54 Å². The monoisotopic (exact) mass is 313 g/mol. The van der Waals surface area contributed by atoms with Crippen LogP contribution >= 0.6 is 15.9 Å². The standard InChI is InChI=1S/C13H20BrN3O/c1-16(2)13(17(3)4)15-9-10-8-11(14)6-7-12(10)18-5/h6-8H,9H2,1-5H3. The molecule has 0 aliphatic carbocycles. The molecule has 0 saturated carbocycles. The van der Waals surface area contributed by atoms with E-state index < -0.39 is 0 Å². The molecule has 100 valence electrons. The minimum Gasteiger partial charge on any atom is -0.496 e. The smallest absolute Gasteiger partial charge is 0.195 e. The van der Waals surface area contributed by atoms with Crippen LogP contribution in [0.1, 0.15) is 5.56 Å². The van der Waals surface area contributed by atoms with E-state index in [1.807, 2.05) is 56.2 Å². The highest BCUT2D eigenvalue weighted by atomic mass is 79.9. The zero-order valence-electron chi connectivity index (χ0n) is 11.6. The van der Waals surface area contributed by atoms with Crippen LogP contribution in [0.2, 0.25) is 0 Å². The normalized spacial score (nSPS) is 9.89. The van der Waals surface area contributed by atoms with Crippen LogP contribution in [-0.4, -0.2) is 51.1 Å². The lowest BCUT2D eigenvalue weighted by atomic mass is 10.2. The van der Waals surface area contributed by atoms with Crippen LogP contribution in [0.15, 0.2) is 27.7 Å². The summed E-state index contributed by atoms with van der Waals surface area (Å²) in [5.74, 6) is 1.79. The minimum atomic E-state index is 0.592. The van der Waals surface area contributed by atoms with Gasteiger partial charge in [-0.15, -0.1) is 0 Å². The summed E-state index contributed by atoms with van der Waals surface area (Å²) in [5.41, 5.74) is 1.06.